The fourth-order valence-electron chi connectivity index (χ4n) is 3.69. The number of nitrogens with one attached hydrogen (secondary N) is 1. The molecular weight excluding hydrogens is 358 g/mol. The van der Waals surface area contributed by atoms with Gasteiger partial charge >= 0.3 is 0 Å². The molecule has 0 saturated heterocycles. The fourth-order valence-corrected chi connectivity index (χ4v) is 3.69. The van der Waals surface area contributed by atoms with Gasteiger partial charge in [0.25, 0.3) is 0 Å². The molecule has 1 aliphatic heterocycles. The zero-order valence-electron chi connectivity index (χ0n) is 16.1. The fraction of sp³-hybridized carbons (Fsp3) is 0.273. The van der Waals surface area contributed by atoms with E-state index >= 15 is 0 Å². The zero-order chi connectivity index (χ0) is 19.8. The van der Waals surface area contributed by atoms with Gasteiger partial charge in [-0.05, 0) is 74.7 Å². The summed E-state index contributed by atoms with van der Waals surface area (Å²) in [6.07, 6.45) is 0.836. The van der Waals surface area contributed by atoms with Crippen LogP contribution >= 0.6 is 0 Å². The van der Waals surface area contributed by atoms with Gasteiger partial charge in [-0.2, -0.15) is 4.98 Å². The first-order valence-corrected chi connectivity index (χ1v) is 9.35. The number of aromatic nitrogens is 2. The minimum atomic E-state index is -0.291. The standard InChI is InChI=1S/C22H22F2N4/c1-13-14(2)25-22(26-19-8-6-17(23)7-9-19)27-21(13)28-11-10-16-4-5-18(24)12-20(16)15(28)3/h4-9,12,15H,10-11H2,1-3H3,(H,25,26,27). The van der Waals surface area contributed by atoms with Gasteiger partial charge in [0.2, 0.25) is 5.95 Å². The number of hydrogen-bond donors (Lipinski definition) is 1. The Balaban J connectivity index is 1.69. The van der Waals surface area contributed by atoms with Gasteiger partial charge in [0.05, 0.1) is 6.04 Å². The summed E-state index contributed by atoms with van der Waals surface area (Å²) in [7, 11) is 0. The van der Waals surface area contributed by atoms with Crippen molar-refractivity contribution in [2.75, 3.05) is 16.8 Å². The maximum absolute atomic E-state index is 13.8. The first-order chi connectivity index (χ1) is 13.4. The van der Waals surface area contributed by atoms with Crippen LogP contribution in [0.4, 0.5) is 26.2 Å². The van der Waals surface area contributed by atoms with Crippen LogP contribution in [-0.4, -0.2) is 16.5 Å². The van der Waals surface area contributed by atoms with Gasteiger partial charge < -0.3 is 10.2 Å². The molecule has 1 aliphatic rings. The summed E-state index contributed by atoms with van der Waals surface area (Å²) in [6.45, 7) is 6.81. The number of hydrogen-bond acceptors (Lipinski definition) is 4. The molecule has 1 N–H and O–H groups in total. The van der Waals surface area contributed by atoms with E-state index in [0.717, 1.165) is 41.3 Å². The molecule has 0 fully saturated rings. The molecule has 4 nitrogen and oxygen atoms in total. The van der Waals surface area contributed by atoms with Crippen LogP contribution in [0.25, 0.3) is 0 Å². The number of rotatable bonds is 3. The smallest absolute Gasteiger partial charge is 0.229 e. The van der Waals surface area contributed by atoms with Crippen molar-refractivity contribution in [3.63, 3.8) is 0 Å². The number of fused-ring (bicyclic) bond motifs is 1. The molecule has 6 heteroatoms. The van der Waals surface area contributed by atoms with E-state index in [4.69, 9.17) is 4.98 Å². The summed E-state index contributed by atoms with van der Waals surface area (Å²) in [4.78, 5) is 11.5. The number of nitrogens with zero attached hydrogens (tertiary/aromatic N) is 3. The Morgan fingerprint density at radius 3 is 2.46 bits per heavy atom. The van der Waals surface area contributed by atoms with Crippen molar-refractivity contribution < 1.29 is 8.78 Å². The maximum Gasteiger partial charge on any atom is 0.229 e. The highest BCUT2D eigenvalue weighted by Gasteiger charge is 2.27. The lowest BCUT2D eigenvalue weighted by atomic mass is 9.93. The van der Waals surface area contributed by atoms with Crippen LogP contribution in [0, 0.1) is 25.5 Å². The lowest BCUT2D eigenvalue weighted by molar-refractivity contribution is 0.589. The van der Waals surface area contributed by atoms with E-state index in [1.165, 1.54) is 23.8 Å². The molecule has 2 aromatic carbocycles. The van der Waals surface area contributed by atoms with Crippen molar-refractivity contribution in [2.24, 2.45) is 0 Å². The molecule has 144 valence electrons. The van der Waals surface area contributed by atoms with Crippen molar-refractivity contribution >= 4 is 17.5 Å². The van der Waals surface area contributed by atoms with E-state index in [0.29, 0.717) is 5.95 Å². The summed E-state index contributed by atoms with van der Waals surface area (Å²) in [6, 6.07) is 11.1. The summed E-state index contributed by atoms with van der Waals surface area (Å²) >= 11 is 0. The summed E-state index contributed by atoms with van der Waals surface area (Å²) < 4.78 is 26.9. The zero-order valence-corrected chi connectivity index (χ0v) is 16.1. The van der Waals surface area contributed by atoms with Gasteiger partial charge in [0.15, 0.2) is 0 Å². The lowest BCUT2D eigenvalue weighted by Gasteiger charge is -2.37. The van der Waals surface area contributed by atoms with Gasteiger partial charge in [-0.15, -0.1) is 0 Å². The average Bonchev–Trinajstić information content (AvgIpc) is 2.67. The largest absolute Gasteiger partial charge is 0.349 e. The number of halogens is 2. The summed E-state index contributed by atoms with van der Waals surface area (Å²) in [5.74, 6) is 0.781. The molecule has 1 atom stereocenters. The molecule has 0 bridgehead atoms. The third-order valence-electron chi connectivity index (χ3n) is 5.38. The Morgan fingerprint density at radius 2 is 1.71 bits per heavy atom. The molecule has 1 aromatic heterocycles. The van der Waals surface area contributed by atoms with Gasteiger partial charge in [-0.3, -0.25) is 0 Å². The first-order valence-electron chi connectivity index (χ1n) is 9.35. The molecule has 28 heavy (non-hydrogen) atoms. The Kier molecular flexibility index (Phi) is 4.71. The summed E-state index contributed by atoms with van der Waals surface area (Å²) in [5, 5.41) is 3.15. The minimum absolute atomic E-state index is 0.00567. The van der Waals surface area contributed by atoms with Crippen molar-refractivity contribution in [2.45, 2.75) is 33.2 Å². The normalized spacial score (nSPS) is 16.0. The van der Waals surface area contributed by atoms with Crippen LogP contribution in [0.1, 0.15) is 35.3 Å². The van der Waals surface area contributed by atoms with Gasteiger partial charge in [0, 0.05) is 23.5 Å². The highest BCUT2D eigenvalue weighted by atomic mass is 19.1. The quantitative estimate of drug-likeness (QED) is 0.675. The van der Waals surface area contributed by atoms with Crippen molar-refractivity contribution in [3.8, 4) is 0 Å². The third-order valence-corrected chi connectivity index (χ3v) is 5.38. The highest BCUT2D eigenvalue weighted by molar-refractivity contribution is 5.59. The van der Waals surface area contributed by atoms with Crippen LogP contribution in [-0.2, 0) is 6.42 Å². The van der Waals surface area contributed by atoms with E-state index in [2.05, 4.69) is 22.1 Å². The Labute approximate surface area is 163 Å². The van der Waals surface area contributed by atoms with Crippen LogP contribution in [0.5, 0.6) is 0 Å². The molecule has 0 amide bonds. The van der Waals surface area contributed by atoms with Crippen LogP contribution < -0.4 is 10.2 Å². The van der Waals surface area contributed by atoms with E-state index in [9.17, 15) is 8.78 Å². The van der Waals surface area contributed by atoms with Crippen molar-refractivity contribution in [1.29, 1.82) is 0 Å². The molecule has 2 heterocycles. The number of anilines is 3. The van der Waals surface area contributed by atoms with Gasteiger partial charge in [0.1, 0.15) is 17.5 Å². The molecule has 0 saturated carbocycles. The SMILES string of the molecule is Cc1nc(Nc2ccc(F)cc2)nc(N2CCc3ccc(F)cc3C2C)c1C. The molecule has 1 unspecified atom stereocenters. The first kappa shape index (κ1) is 18.3. The van der Waals surface area contributed by atoms with Crippen LogP contribution in [0.15, 0.2) is 42.5 Å². The van der Waals surface area contributed by atoms with E-state index in [-0.39, 0.29) is 17.7 Å². The predicted molar refractivity (Wildman–Crippen MR) is 107 cm³/mol. The Hall–Kier alpha value is -3.02. The van der Waals surface area contributed by atoms with Crippen molar-refractivity contribution in [3.05, 3.63) is 76.5 Å². The summed E-state index contributed by atoms with van der Waals surface area (Å²) in [5.41, 5.74) is 4.76. The monoisotopic (exact) mass is 380 g/mol. The minimum Gasteiger partial charge on any atom is -0.349 e. The van der Waals surface area contributed by atoms with Crippen LogP contribution in [0.3, 0.4) is 0 Å². The Morgan fingerprint density at radius 1 is 1.00 bits per heavy atom. The van der Waals surface area contributed by atoms with Crippen LogP contribution in [0.2, 0.25) is 0 Å². The van der Waals surface area contributed by atoms with E-state index < -0.39 is 0 Å². The van der Waals surface area contributed by atoms with Crippen molar-refractivity contribution in [1.82, 2.24) is 9.97 Å². The van der Waals surface area contributed by atoms with Gasteiger partial charge in [-0.1, -0.05) is 6.07 Å². The Bertz CT molecular complexity index is 1020. The van der Waals surface area contributed by atoms with Gasteiger partial charge in [-0.25, -0.2) is 13.8 Å². The molecule has 4 rings (SSSR count). The molecule has 0 aliphatic carbocycles. The second-order valence-electron chi connectivity index (χ2n) is 7.18. The molecule has 0 radical (unpaired) electrons. The maximum atomic E-state index is 13.8. The topological polar surface area (TPSA) is 41.1 Å². The average molecular weight is 380 g/mol. The highest BCUT2D eigenvalue weighted by Crippen LogP contribution is 2.35. The second kappa shape index (κ2) is 7.19. The molecule has 3 aromatic rings. The molecular formula is C22H22F2N4. The third kappa shape index (κ3) is 3.42. The molecule has 0 spiro atoms. The second-order valence-corrected chi connectivity index (χ2v) is 7.18. The predicted octanol–water partition coefficient (Wildman–Crippen LogP) is 5.24. The van der Waals surface area contributed by atoms with E-state index in [1.807, 2.05) is 19.9 Å². The number of benzene rings is 2. The van der Waals surface area contributed by atoms with E-state index in [1.54, 1.807) is 18.2 Å². The number of aryl methyl sites for hydroxylation is 1. The lowest BCUT2D eigenvalue weighted by Crippen LogP contribution is -2.35.